The van der Waals surface area contributed by atoms with Crippen molar-refractivity contribution in [3.8, 4) is 5.75 Å². The molecule has 0 saturated carbocycles. The van der Waals surface area contributed by atoms with Crippen LogP contribution in [0.3, 0.4) is 0 Å². The van der Waals surface area contributed by atoms with E-state index < -0.39 is 16.4 Å². The van der Waals surface area contributed by atoms with Gasteiger partial charge in [0.2, 0.25) is 5.82 Å². The summed E-state index contributed by atoms with van der Waals surface area (Å²) in [6.45, 7) is 1.29. The van der Waals surface area contributed by atoms with E-state index >= 15 is 0 Å². The summed E-state index contributed by atoms with van der Waals surface area (Å²) in [6, 6.07) is 1.94. The zero-order valence-corrected chi connectivity index (χ0v) is 6.24. The summed E-state index contributed by atoms with van der Waals surface area (Å²) in [7, 11) is 0. The molecule has 0 saturated heterocycles. The van der Waals surface area contributed by atoms with E-state index in [4.69, 9.17) is 5.11 Å². The molecule has 0 unspecified atom stereocenters. The third-order valence-electron chi connectivity index (χ3n) is 1.54. The van der Waals surface area contributed by atoms with Crippen LogP contribution in [0.5, 0.6) is 5.75 Å². The van der Waals surface area contributed by atoms with Crippen molar-refractivity contribution in [3.63, 3.8) is 0 Å². The van der Waals surface area contributed by atoms with Crippen LogP contribution in [0.2, 0.25) is 0 Å². The van der Waals surface area contributed by atoms with Crippen molar-refractivity contribution in [1.82, 2.24) is 0 Å². The molecule has 0 atom stereocenters. The van der Waals surface area contributed by atoms with Gasteiger partial charge in [-0.05, 0) is 19.1 Å². The zero-order valence-electron chi connectivity index (χ0n) is 6.24. The Morgan fingerprint density at radius 1 is 1.58 bits per heavy atom. The van der Waals surface area contributed by atoms with Crippen molar-refractivity contribution >= 4 is 5.69 Å². The fourth-order valence-corrected chi connectivity index (χ4v) is 0.881. The molecule has 0 fully saturated rings. The number of rotatable bonds is 1. The molecule has 5 heteroatoms. The SMILES string of the molecule is Cc1c(O)ccc(F)c1[N+](=O)[O-]. The number of nitro groups is 1. The summed E-state index contributed by atoms with van der Waals surface area (Å²) in [4.78, 5) is 9.39. The van der Waals surface area contributed by atoms with Crippen LogP contribution in [0.15, 0.2) is 12.1 Å². The molecule has 1 aromatic carbocycles. The Labute approximate surface area is 67.4 Å². The first-order chi connectivity index (χ1) is 5.54. The average molecular weight is 171 g/mol. The molecule has 1 N–H and O–H groups in total. The molecule has 0 bridgehead atoms. The number of benzene rings is 1. The molecule has 0 amide bonds. The molecule has 1 rings (SSSR count). The summed E-state index contributed by atoms with van der Waals surface area (Å²) in [6.07, 6.45) is 0. The third-order valence-corrected chi connectivity index (χ3v) is 1.54. The van der Waals surface area contributed by atoms with Gasteiger partial charge >= 0.3 is 5.69 Å². The molecule has 0 radical (unpaired) electrons. The van der Waals surface area contributed by atoms with Crippen LogP contribution in [0, 0.1) is 22.9 Å². The quantitative estimate of drug-likeness (QED) is 0.517. The first-order valence-electron chi connectivity index (χ1n) is 3.16. The Morgan fingerprint density at radius 3 is 2.58 bits per heavy atom. The van der Waals surface area contributed by atoms with Gasteiger partial charge in [0.15, 0.2) is 0 Å². The summed E-state index contributed by atoms with van der Waals surface area (Å²) in [5.74, 6) is -1.21. The topological polar surface area (TPSA) is 63.4 Å². The molecule has 0 aliphatic heterocycles. The second-order valence-corrected chi connectivity index (χ2v) is 2.30. The Balaban J connectivity index is 3.43. The van der Waals surface area contributed by atoms with Crippen molar-refractivity contribution < 1.29 is 14.4 Å². The van der Waals surface area contributed by atoms with Gasteiger partial charge in [-0.25, -0.2) is 0 Å². The number of halogens is 1. The number of nitrogens with zero attached hydrogens (tertiary/aromatic N) is 1. The molecular formula is C7H6FNO3. The van der Waals surface area contributed by atoms with Gasteiger partial charge in [-0.1, -0.05) is 0 Å². The van der Waals surface area contributed by atoms with Gasteiger partial charge in [-0.3, -0.25) is 10.1 Å². The van der Waals surface area contributed by atoms with E-state index in [0.29, 0.717) is 0 Å². The summed E-state index contributed by atoms with van der Waals surface area (Å²) >= 11 is 0. The van der Waals surface area contributed by atoms with Crippen LogP contribution in [0.25, 0.3) is 0 Å². The maximum Gasteiger partial charge on any atom is 0.311 e. The normalized spacial score (nSPS) is 9.83. The lowest BCUT2D eigenvalue weighted by atomic mass is 10.2. The summed E-state index contributed by atoms with van der Waals surface area (Å²) in [5, 5.41) is 19.3. The fraction of sp³-hybridized carbons (Fsp3) is 0.143. The standard InChI is InChI=1S/C7H6FNO3/c1-4-6(10)3-2-5(8)7(4)9(11)12/h2-3,10H,1H3. The Bertz CT molecular complexity index is 338. The molecule has 1 aromatic rings. The smallest absolute Gasteiger partial charge is 0.311 e. The highest BCUT2D eigenvalue weighted by Gasteiger charge is 2.19. The minimum atomic E-state index is -0.935. The minimum absolute atomic E-state index is 0.0556. The van der Waals surface area contributed by atoms with E-state index in [1.165, 1.54) is 6.92 Å². The van der Waals surface area contributed by atoms with Crippen LogP contribution >= 0.6 is 0 Å². The molecule has 0 aliphatic rings. The average Bonchev–Trinajstić information content (AvgIpc) is 1.97. The van der Waals surface area contributed by atoms with E-state index in [1.54, 1.807) is 0 Å². The Kier molecular flexibility index (Phi) is 1.95. The number of hydrogen-bond donors (Lipinski definition) is 1. The van der Waals surface area contributed by atoms with Gasteiger partial charge in [0, 0.05) is 0 Å². The van der Waals surface area contributed by atoms with Crippen molar-refractivity contribution in [2.24, 2.45) is 0 Å². The van der Waals surface area contributed by atoms with Gasteiger partial charge < -0.3 is 5.11 Å². The van der Waals surface area contributed by atoms with Crippen molar-refractivity contribution in [3.05, 3.63) is 33.6 Å². The predicted octanol–water partition coefficient (Wildman–Crippen LogP) is 1.75. The molecule has 0 aliphatic carbocycles. The van der Waals surface area contributed by atoms with Crippen LogP contribution < -0.4 is 0 Å². The molecule has 4 nitrogen and oxygen atoms in total. The van der Waals surface area contributed by atoms with Crippen LogP contribution in [-0.2, 0) is 0 Å². The van der Waals surface area contributed by atoms with Crippen LogP contribution in [0.1, 0.15) is 5.56 Å². The lowest BCUT2D eigenvalue weighted by molar-refractivity contribution is -0.388. The van der Waals surface area contributed by atoms with Crippen LogP contribution in [0.4, 0.5) is 10.1 Å². The van der Waals surface area contributed by atoms with Gasteiger partial charge in [0.05, 0.1) is 10.5 Å². The largest absolute Gasteiger partial charge is 0.507 e. The third kappa shape index (κ3) is 1.20. The summed E-state index contributed by atoms with van der Waals surface area (Å²) in [5.41, 5.74) is -0.727. The van der Waals surface area contributed by atoms with E-state index in [0.717, 1.165) is 12.1 Å². The zero-order chi connectivity index (χ0) is 9.30. The molecule has 0 spiro atoms. The van der Waals surface area contributed by atoms with Gasteiger partial charge in [-0.2, -0.15) is 4.39 Å². The lowest BCUT2D eigenvalue weighted by Gasteiger charge is -1.99. The maximum atomic E-state index is 12.7. The van der Waals surface area contributed by atoms with Gasteiger partial charge in [0.1, 0.15) is 5.75 Å². The molecule has 12 heavy (non-hydrogen) atoms. The highest BCUT2D eigenvalue weighted by molar-refractivity contribution is 5.48. The number of aromatic hydroxyl groups is 1. The highest BCUT2D eigenvalue weighted by Crippen LogP contribution is 2.28. The number of phenols is 1. The highest BCUT2D eigenvalue weighted by atomic mass is 19.1. The van der Waals surface area contributed by atoms with E-state index in [1.807, 2.05) is 0 Å². The van der Waals surface area contributed by atoms with E-state index in [2.05, 4.69) is 0 Å². The van der Waals surface area contributed by atoms with Crippen molar-refractivity contribution in [2.75, 3.05) is 0 Å². The summed E-state index contributed by atoms with van der Waals surface area (Å²) < 4.78 is 12.7. The van der Waals surface area contributed by atoms with Crippen molar-refractivity contribution in [2.45, 2.75) is 6.92 Å². The first-order valence-corrected chi connectivity index (χ1v) is 3.16. The minimum Gasteiger partial charge on any atom is -0.507 e. The van der Waals surface area contributed by atoms with E-state index in [9.17, 15) is 14.5 Å². The van der Waals surface area contributed by atoms with Crippen LogP contribution in [-0.4, -0.2) is 10.0 Å². The van der Waals surface area contributed by atoms with E-state index in [-0.39, 0.29) is 11.3 Å². The lowest BCUT2D eigenvalue weighted by Crippen LogP contribution is -1.95. The molecule has 64 valence electrons. The molecule has 0 heterocycles. The Morgan fingerprint density at radius 2 is 2.17 bits per heavy atom. The Hall–Kier alpha value is -1.65. The molecular weight excluding hydrogens is 165 g/mol. The first kappa shape index (κ1) is 8.45. The predicted molar refractivity (Wildman–Crippen MR) is 39.5 cm³/mol. The maximum absolute atomic E-state index is 12.7. The molecule has 0 aromatic heterocycles. The van der Waals surface area contributed by atoms with Crippen molar-refractivity contribution in [1.29, 1.82) is 0 Å². The number of hydrogen-bond acceptors (Lipinski definition) is 3. The monoisotopic (exact) mass is 171 g/mol. The number of phenolic OH excluding ortho intramolecular Hbond substituents is 1. The number of nitro benzene ring substituents is 1. The second kappa shape index (κ2) is 2.77. The van der Waals surface area contributed by atoms with Gasteiger partial charge in [0.25, 0.3) is 0 Å². The fourth-order valence-electron chi connectivity index (χ4n) is 0.881. The second-order valence-electron chi connectivity index (χ2n) is 2.30. The van der Waals surface area contributed by atoms with Gasteiger partial charge in [-0.15, -0.1) is 0 Å².